The Balaban J connectivity index is 1.57. The summed E-state index contributed by atoms with van der Waals surface area (Å²) in [4.78, 5) is 18.3. The molecule has 1 amide bonds. The van der Waals surface area contributed by atoms with Gasteiger partial charge in [-0.05, 0) is 43.2 Å². The van der Waals surface area contributed by atoms with Crippen LogP contribution in [0.25, 0.3) is 0 Å². The number of hydrogen-bond acceptors (Lipinski definition) is 3. The Morgan fingerprint density at radius 2 is 1.93 bits per heavy atom. The summed E-state index contributed by atoms with van der Waals surface area (Å²) in [5.41, 5.74) is -0.219. The van der Waals surface area contributed by atoms with Gasteiger partial charge in [-0.1, -0.05) is 27.5 Å². The molecule has 1 aliphatic rings. The number of amides is 1. The van der Waals surface area contributed by atoms with E-state index in [4.69, 9.17) is 11.6 Å². The summed E-state index contributed by atoms with van der Waals surface area (Å²) in [6.45, 7) is 1.09. The zero-order chi connectivity index (χ0) is 19.6. The van der Waals surface area contributed by atoms with Crippen molar-refractivity contribution in [3.8, 4) is 0 Å². The first kappa shape index (κ1) is 19.9. The van der Waals surface area contributed by atoms with Gasteiger partial charge >= 0.3 is 6.18 Å². The Morgan fingerprint density at radius 3 is 2.48 bits per heavy atom. The molecular formula is C18H16BrClF3N3O. The van der Waals surface area contributed by atoms with Gasteiger partial charge in [0, 0.05) is 29.7 Å². The Bertz CT molecular complexity index is 822. The lowest BCUT2D eigenvalue weighted by Gasteiger charge is -2.32. The van der Waals surface area contributed by atoms with E-state index in [0.717, 1.165) is 16.7 Å². The van der Waals surface area contributed by atoms with E-state index in [1.807, 2.05) is 4.90 Å². The van der Waals surface area contributed by atoms with Gasteiger partial charge in [-0.15, -0.1) is 0 Å². The smallest absolute Gasteiger partial charge is 0.357 e. The fourth-order valence-corrected chi connectivity index (χ4v) is 3.66. The fourth-order valence-electron chi connectivity index (χ4n) is 2.94. The van der Waals surface area contributed by atoms with Crippen LogP contribution in [0.3, 0.4) is 0 Å². The third-order valence-electron chi connectivity index (χ3n) is 4.45. The quantitative estimate of drug-likeness (QED) is 0.667. The maximum Gasteiger partial charge on any atom is 0.417 e. The van der Waals surface area contributed by atoms with Gasteiger partial charge in [0.05, 0.1) is 16.3 Å². The molecule has 1 aliphatic heterocycles. The van der Waals surface area contributed by atoms with Crippen LogP contribution < -0.4 is 10.2 Å². The second-order valence-electron chi connectivity index (χ2n) is 6.28. The molecule has 0 unspecified atom stereocenters. The molecule has 3 rings (SSSR count). The Morgan fingerprint density at radius 1 is 1.22 bits per heavy atom. The van der Waals surface area contributed by atoms with E-state index >= 15 is 0 Å². The summed E-state index contributed by atoms with van der Waals surface area (Å²) < 4.78 is 38.7. The third kappa shape index (κ3) is 4.93. The molecule has 0 aliphatic carbocycles. The van der Waals surface area contributed by atoms with Crippen LogP contribution in [-0.4, -0.2) is 24.0 Å². The van der Waals surface area contributed by atoms with E-state index in [0.29, 0.717) is 42.5 Å². The van der Waals surface area contributed by atoms with E-state index in [1.165, 1.54) is 6.07 Å². The molecule has 1 N–H and O–H groups in total. The largest absolute Gasteiger partial charge is 0.417 e. The van der Waals surface area contributed by atoms with Gasteiger partial charge in [0.1, 0.15) is 5.82 Å². The first-order valence-electron chi connectivity index (χ1n) is 8.28. The number of hydrogen-bond donors (Lipinski definition) is 1. The molecule has 144 valence electrons. The average Bonchev–Trinajstić information content (AvgIpc) is 2.63. The molecule has 4 nitrogen and oxygen atoms in total. The number of anilines is 2. The van der Waals surface area contributed by atoms with Crippen LogP contribution >= 0.6 is 27.5 Å². The monoisotopic (exact) mass is 461 g/mol. The van der Waals surface area contributed by atoms with Crippen LogP contribution in [0.2, 0.25) is 5.02 Å². The molecule has 27 heavy (non-hydrogen) atoms. The maximum atomic E-state index is 12.6. The number of pyridine rings is 1. The molecule has 0 spiro atoms. The van der Waals surface area contributed by atoms with Crippen LogP contribution in [0.15, 0.2) is 41.0 Å². The first-order valence-corrected chi connectivity index (χ1v) is 9.45. The highest BCUT2D eigenvalue weighted by Crippen LogP contribution is 2.31. The van der Waals surface area contributed by atoms with Gasteiger partial charge < -0.3 is 10.2 Å². The zero-order valence-electron chi connectivity index (χ0n) is 14.1. The van der Waals surface area contributed by atoms with Crippen molar-refractivity contribution in [1.29, 1.82) is 0 Å². The van der Waals surface area contributed by atoms with Gasteiger partial charge in [-0.2, -0.15) is 13.2 Å². The number of alkyl halides is 3. The molecule has 1 saturated heterocycles. The topological polar surface area (TPSA) is 45.2 Å². The lowest BCUT2D eigenvalue weighted by atomic mass is 9.95. The first-order chi connectivity index (χ1) is 12.7. The Hall–Kier alpha value is -1.80. The number of nitrogens with zero attached hydrogens (tertiary/aromatic N) is 2. The van der Waals surface area contributed by atoms with E-state index < -0.39 is 11.7 Å². The minimum absolute atomic E-state index is 0.112. The number of piperidine rings is 1. The molecule has 2 aromatic rings. The number of carbonyl (C=O) groups is 1. The lowest BCUT2D eigenvalue weighted by Crippen LogP contribution is -2.38. The van der Waals surface area contributed by atoms with Crippen molar-refractivity contribution in [3.63, 3.8) is 0 Å². The zero-order valence-corrected chi connectivity index (χ0v) is 16.4. The molecular weight excluding hydrogens is 447 g/mol. The van der Waals surface area contributed by atoms with Crippen LogP contribution in [0, 0.1) is 5.92 Å². The van der Waals surface area contributed by atoms with Crippen LogP contribution in [-0.2, 0) is 11.0 Å². The van der Waals surface area contributed by atoms with E-state index in [2.05, 4.69) is 26.2 Å². The number of aromatic nitrogens is 1. The van der Waals surface area contributed by atoms with Crippen molar-refractivity contribution in [2.45, 2.75) is 19.0 Å². The van der Waals surface area contributed by atoms with Crippen molar-refractivity contribution in [1.82, 2.24) is 4.98 Å². The second kappa shape index (κ2) is 8.06. The summed E-state index contributed by atoms with van der Waals surface area (Å²) in [5, 5.41) is 3.28. The minimum atomic E-state index is -4.40. The van der Waals surface area contributed by atoms with Gasteiger partial charge in [0.15, 0.2) is 0 Å². The van der Waals surface area contributed by atoms with Crippen LogP contribution in [0.1, 0.15) is 18.4 Å². The molecule has 0 saturated carbocycles. The normalized spacial score (nSPS) is 15.7. The molecule has 0 atom stereocenters. The average molecular weight is 463 g/mol. The van der Waals surface area contributed by atoms with Crippen molar-refractivity contribution in [2.75, 3.05) is 23.3 Å². The van der Waals surface area contributed by atoms with Crippen molar-refractivity contribution in [3.05, 3.63) is 51.6 Å². The van der Waals surface area contributed by atoms with Gasteiger partial charge in [0.2, 0.25) is 5.91 Å². The summed E-state index contributed by atoms with van der Waals surface area (Å²) in [6, 6.07) is 7.61. The van der Waals surface area contributed by atoms with Crippen molar-refractivity contribution in [2.24, 2.45) is 5.92 Å². The molecule has 1 aromatic carbocycles. The number of benzene rings is 1. The lowest BCUT2D eigenvalue weighted by molar-refractivity contribution is -0.137. The molecule has 2 heterocycles. The SMILES string of the molecule is O=C(Nc1ccc(Br)cc1Cl)C1CCN(c2ccc(C(F)(F)F)cn2)CC1. The maximum absolute atomic E-state index is 12.6. The summed E-state index contributed by atoms with van der Waals surface area (Å²) in [7, 11) is 0. The number of carbonyl (C=O) groups excluding carboxylic acids is 1. The van der Waals surface area contributed by atoms with Gasteiger partial charge in [-0.3, -0.25) is 4.79 Å². The number of halogens is 5. The number of nitrogens with one attached hydrogen (secondary N) is 1. The van der Waals surface area contributed by atoms with Gasteiger partial charge in [0.25, 0.3) is 0 Å². The van der Waals surface area contributed by atoms with E-state index in [-0.39, 0.29) is 11.8 Å². The minimum Gasteiger partial charge on any atom is -0.357 e. The molecule has 0 radical (unpaired) electrons. The van der Waals surface area contributed by atoms with Crippen LogP contribution in [0.5, 0.6) is 0 Å². The summed E-state index contributed by atoms with van der Waals surface area (Å²) in [5.74, 6) is 0.187. The Labute approximate surface area is 167 Å². The van der Waals surface area contributed by atoms with E-state index in [9.17, 15) is 18.0 Å². The summed E-state index contributed by atoms with van der Waals surface area (Å²) in [6.07, 6.45) is -2.39. The van der Waals surface area contributed by atoms with E-state index in [1.54, 1.807) is 18.2 Å². The predicted molar refractivity (Wildman–Crippen MR) is 102 cm³/mol. The molecule has 9 heteroatoms. The fraction of sp³-hybridized carbons (Fsp3) is 0.333. The predicted octanol–water partition coefficient (Wildman–Crippen LogP) is 5.37. The standard InChI is InChI=1S/C18H16BrClF3N3O/c19-13-2-3-15(14(20)9-13)25-17(27)11-5-7-26(8-6-11)16-4-1-12(10-24-16)18(21,22)23/h1-4,9-11H,5-8H2,(H,25,27). The summed E-state index contributed by atoms with van der Waals surface area (Å²) >= 11 is 9.43. The molecule has 0 bridgehead atoms. The van der Waals surface area contributed by atoms with Crippen molar-refractivity contribution >= 4 is 44.9 Å². The molecule has 1 aromatic heterocycles. The number of rotatable bonds is 3. The molecule has 1 fully saturated rings. The third-order valence-corrected chi connectivity index (χ3v) is 5.26. The van der Waals surface area contributed by atoms with Gasteiger partial charge in [-0.25, -0.2) is 4.98 Å². The van der Waals surface area contributed by atoms with Crippen molar-refractivity contribution < 1.29 is 18.0 Å². The second-order valence-corrected chi connectivity index (χ2v) is 7.60. The highest BCUT2D eigenvalue weighted by Gasteiger charge is 2.31. The van der Waals surface area contributed by atoms with Crippen LogP contribution in [0.4, 0.5) is 24.7 Å². The highest BCUT2D eigenvalue weighted by molar-refractivity contribution is 9.10. The Kier molecular flexibility index (Phi) is 5.95. The highest BCUT2D eigenvalue weighted by atomic mass is 79.9.